The number of likely N-dealkylation sites (tertiary alicyclic amines) is 1. The molecule has 2 aliphatic rings. The van der Waals surface area contributed by atoms with Crippen molar-refractivity contribution in [3.8, 4) is 0 Å². The van der Waals surface area contributed by atoms with Gasteiger partial charge in [-0.25, -0.2) is 4.79 Å². The summed E-state index contributed by atoms with van der Waals surface area (Å²) in [6, 6.07) is 7.47. The van der Waals surface area contributed by atoms with Gasteiger partial charge in [-0.3, -0.25) is 14.5 Å². The van der Waals surface area contributed by atoms with Gasteiger partial charge in [-0.1, -0.05) is 17.7 Å². The lowest BCUT2D eigenvalue weighted by Crippen LogP contribution is -2.43. The Labute approximate surface area is 158 Å². The molecule has 7 heteroatoms. The Morgan fingerprint density at radius 3 is 2.46 bits per heavy atom. The summed E-state index contributed by atoms with van der Waals surface area (Å²) in [5.74, 6) is -0.340. The van der Waals surface area contributed by atoms with Gasteiger partial charge in [0.05, 0.1) is 6.42 Å². The van der Waals surface area contributed by atoms with E-state index in [9.17, 15) is 14.4 Å². The van der Waals surface area contributed by atoms with E-state index in [0.29, 0.717) is 18.3 Å². The van der Waals surface area contributed by atoms with Gasteiger partial charge < -0.3 is 9.80 Å². The van der Waals surface area contributed by atoms with E-state index < -0.39 is 6.04 Å². The first kappa shape index (κ1) is 18.8. The topological polar surface area (TPSA) is 60.9 Å². The molecule has 0 radical (unpaired) electrons. The first-order valence-electron chi connectivity index (χ1n) is 8.92. The second-order valence-corrected chi connectivity index (χ2v) is 8.40. The van der Waals surface area contributed by atoms with Crippen LogP contribution in [0.2, 0.25) is 0 Å². The molecule has 6 nitrogen and oxygen atoms in total. The number of hydrogen-bond donors (Lipinski definition) is 0. The van der Waals surface area contributed by atoms with Gasteiger partial charge in [0, 0.05) is 37.3 Å². The molecular weight excluding hydrogens is 350 g/mol. The summed E-state index contributed by atoms with van der Waals surface area (Å²) in [6.07, 6.45) is 1.95. The summed E-state index contributed by atoms with van der Waals surface area (Å²) < 4.78 is 0. The molecule has 4 amide bonds. The third kappa shape index (κ3) is 3.87. The van der Waals surface area contributed by atoms with Gasteiger partial charge >= 0.3 is 6.03 Å². The smallest absolute Gasteiger partial charge is 0.326 e. The molecule has 1 aromatic carbocycles. The van der Waals surface area contributed by atoms with Crippen LogP contribution in [0.1, 0.15) is 24.8 Å². The number of rotatable bonds is 4. The van der Waals surface area contributed by atoms with Crippen molar-refractivity contribution in [1.29, 1.82) is 0 Å². The standard InChI is InChI=1S/C19H25N3O3S/c1-13-5-4-6-15(11-13)26-14-7-9-22(10-8-14)17(23)12-16-18(24)21(3)19(25)20(16)2/h4-6,11,14,16H,7-10,12H2,1-3H3. The minimum absolute atomic E-state index is 0.0442. The van der Waals surface area contributed by atoms with Crippen molar-refractivity contribution in [1.82, 2.24) is 14.7 Å². The summed E-state index contributed by atoms with van der Waals surface area (Å²) in [5.41, 5.74) is 1.26. The van der Waals surface area contributed by atoms with Crippen molar-refractivity contribution < 1.29 is 14.4 Å². The second kappa shape index (κ2) is 7.70. The number of aryl methyl sites for hydroxylation is 1. The van der Waals surface area contributed by atoms with Gasteiger partial charge in [-0.15, -0.1) is 11.8 Å². The maximum absolute atomic E-state index is 12.6. The quantitative estimate of drug-likeness (QED) is 0.758. The van der Waals surface area contributed by atoms with E-state index in [1.807, 2.05) is 16.7 Å². The monoisotopic (exact) mass is 375 g/mol. The zero-order chi connectivity index (χ0) is 18.8. The van der Waals surface area contributed by atoms with E-state index in [-0.39, 0.29) is 24.3 Å². The molecule has 0 bridgehead atoms. The third-order valence-corrected chi connectivity index (χ3v) is 6.46. The lowest BCUT2D eigenvalue weighted by atomic mass is 10.1. The number of carbonyl (C=O) groups excluding carboxylic acids is 3. The number of urea groups is 1. The molecule has 2 heterocycles. The predicted molar refractivity (Wildman–Crippen MR) is 101 cm³/mol. The van der Waals surface area contributed by atoms with Crippen LogP contribution in [0.5, 0.6) is 0 Å². The van der Waals surface area contributed by atoms with Crippen LogP contribution in [0, 0.1) is 6.92 Å². The molecule has 0 N–H and O–H groups in total. The third-order valence-electron chi connectivity index (χ3n) is 5.13. The summed E-state index contributed by atoms with van der Waals surface area (Å²) in [5, 5.41) is 0.504. The van der Waals surface area contributed by atoms with E-state index in [2.05, 4.69) is 31.2 Å². The second-order valence-electron chi connectivity index (χ2n) is 7.03. The van der Waals surface area contributed by atoms with Crippen LogP contribution in [0.25, 0.3) is 0 Å². The first-order chi connectivity index (χ1) is 12.4. The zero-order valence-electron chi connectivity index (χ0n) is 15.5. The van der Waals surface area contributed by atoms with Crippen LogP contribution >= 0.6 is 11.8 Å². The predicted octanol–water partition coefficient (Wildman–Crippen LogP) is 2.36. The van der Waals surface area contributed by atoms with Crippen molar-refractivity contribution in [2.24, 2.45) is 0 Å². The van der Waals surface area contributed by atoms with E-state index in [4.69, 9.17) is 0 Å². The summed E-state index contributed by atoms with van der Waals surface area (Å²) in [4.78, 5) is 42.1. The van der Waals surface area contributed by atoms with E-state index in [1.165, 1.54) is 22.4 Å². The van der Waals surface area contributed by atoms with E-state index >= 15 is 0 Å². The molecule has 1 aromatic rings. The number of carbonyl (C=O) groups is 3. The Morgan fingerprint density at radius 2 is 1.88 bits per heavy atom. The van der Waals surface area contributed by atoms with Crippen molar-refractivity contribution in [2.75, 3.05) is 27.2 Å². The van der Waals surface area contributed by atoms with Crippen LogP contribution in [0.15, 0.2) is 29.2 Å². The molecule has 2 fully saturated rings. The minimum atomic E-state index is -0.667. The molecule has 26 heavy (non-hydrogen) atoms. The van der Waals surface area contributed by atoms with Gasteiger partial charge in [0.1, 0.15) is 6.04 Å². The molecule has 140 valence electrons. The number of amides is 4. The molecule has 1 unspecified atom stereocenters. The van der Waals surface area contributed by atoms with Crippen molar-refractivity contribution in [3.63, 3.8) is 0 Å². The molecule has 3 rings (SSSR count). The molecule has 0 saturated carbocycles. The van der Waals surface area contributed by atoms with Crippen molar-refractivity contribution in [2.45, 2.75) is 42.4 Å². The van der Waals surface area contributed by atoms with Crippen molar-refractivity contribution >= 4 is 29.6 Å². The zero-order valence-corrected chi connectivity index (χ0v) is 16.3. The number of nitrogens with zero attached hydrogens (tertiary/aromatic N) is 3. The van der Waals surface area contributed by atoms with Crippen molar-refractivity contribution in [3.05, 3.63) is 29.8 Å². The van der Waals surface area contributed by atoms with Crippen LogP contribution < -0.4 is 0 Å². The largest absolute Gasteiger partial charge is 0.343 e. The SMILES string of the molecule is Cc1cccc(SC2CCN(C(=O)CC3C(=O)N(C)C(=O)N3C)CC2)c1. The highest BCUT2D eigenvalue weighted by Crippen LogP contribution is 2.31. The number of piperidine rings is 1. The fourth-order valence-corrected chi connectivity index (χ4v) is 4.72. The summed E-state index contributed by atoms with van der Waals surface area (Å²) in [6.45, 7) is 3.50. The normalized spacial score (nSPS) is 21.7. The molecule has 0 aliphatic carbocycles. The number of thioether (sulfide) groups is 1. The maximum Gasteiger partial charge on any atom is 0.326 e. The molecule has 2 aliphatic heterocycles. The maximum atomic E-state index is 12.6. The highest BCUT2D eigenvalue weighted by molar-refractivity contribution is 8.00. The average molecular weight is 375 g/mol. The lowest BCUT2D eigenvalue weighted by molar-refractivity contribution is -0.137. The number of imide groups is 1. The fourth-order valence-electron chi connectivity index (χ4n) is 3.48. The van der Waals surface area contributed by atoms with E-state index in [1.54, 1.807) is 7.05 Å². The van der Waals surface area contributed by atoms with Gasteiger partial charge in [0.25, 0.3) is 5.91 Å². The Kier molecular flexibility index (Phi) is 5.55. The van der Waals surface area contributed by atoms with Gasteiger partial charge in [0.15, 0.2) is 0 Å². The molecule has 0 spiro atoms. The Morgan fingerprint density at radius 1 is 1.19 bits per heavy atom. The van der Waals surface area contributed by atoms with Gasteiger partial charge in [-0.2, -0.15) is 0 Å². The highest BCUT2D eigenvalue weighted by Gasteiger charge is 2.42. The Balaban J connectivity index is 1.51. The first-order valence-corrected chi connectivity index (χ1v) is 9.80. The minimum Gasteiger partial charge on any atom is -0.343 e. The number of hydrogen-bond acceptors (Lipinski definition) is 4. The fraction of sp³-hybridized carbons (Fsp3) is 0.526. The van der Waals surface area contributed by atoms with Gasteiger partial charge in [0.2, 0.25) is 5.91 Å². The van der Waals surface area contributed by atoms with E-state index in [0.717, 1.165) is 17.7 Å². The van der Waals surface area contributed by atoms with Crippen LogP contribution in [0.4, 0.5) is 4.79 Å². The molecular formula is C19H25N3O3S. The van der Waals surface area contributed by atoms with Crippen LogP contribution in [-0.4, -0.2) is 71.0 Å². The van der Waals surface area contributed by atoms with Crippen LogP contribution in [0.3, 0.4) is 0 Å². The summed E-state index contributed by atoms with van der Waals surface area (Å²) >= 11 is 1.88. The Hall–Kier alpha value is -2.02. The molecule has 0 aromatic heterocycles. The lowest BCUT2D eigenvalue weighted by Gasteiger charge is -2.32. The van der Waals surface area contributed by atoms with Crippen LogP contribution in [-0.2, 0) is 9.59 Å². The molecule has 2 saturated heterocycles. The number of benzene rings is 1. The molecule has 1 atom stereocenters. The average Bonchev–Trinajstić information content (AvgIpc) is 2.80. The van der Waals surface area contributed by atoms with Gasteiger partial charge in [-0.05, 0) is 31.9 Å². The highest BCUT2D eigenvalue weighted by atomic mass is 32.2. The summed E-state index contributed by atoms with van der Waals surface area (Å²) in [7, 11) is 3.03. The number of likely N-dealkylation sites (N-methyl/N-ethyl adjacent to an activating group) is 2. The Bertz CT molecular complexity index is 716.